The Labute approximate surface area is 230 Å². The lowest BCUT2D eigenvalue weighted by atomic mass is 9.82. The highest BCUT2D eigenvalue weighted by molar-refractivity contribution is 5.73. The van der Waals surface area contributed by atoms with Gasteiger partial charge < -0.3 is 24.1 Å². The fourth-order valence-corrected chi connectivity index (χ4v) is 5.84. The maximum atomic E-state index is 12.4. The molecular formula is C32H37NO6. The van der Waals surface area contributed by atoms with Crippen molar-refractivity contribution in [1.82, 2.24) is 4.98 Å². The van der Waals surface area contributed by atoms with Gasteiger partial charge in [0.15, 0.2) is 0 Å². The predicted molar refractivity (Wildman–Crippen MR) is 148 cm³/mol. The van der Waals surface area contributed by atoms with Gasteiger partial charge in [-0.1, -0.05) is 31.2 Å². The number of nitrogens with zero attached hydrogens (tertiary/aromatic N) is 1. The van der Waals surface area contributed by atoms with E-state index >= 15 is 0 Å². The first-order valence-corrected chi connectivity index (χ1v) is 13.6. The molecule has 0 bridgehead atoms. The van der Waals surface area contributed by atoms with E-state index < -0.39 is 6.10 Å². The van der Waals surface area contributed by atoms with E-state index in [1.54, 1.807) is 20.4 Å². The zero-order valence-corrected chi connectivity index (χ0v) is 23.1. The minimum atomic E-state index is -0.800. The first kappa shape index (κ1) is 27.2. The number of esters is 1. The number of fused-ring (bicyclic) bond motifs is 1. The summed E-state index contributed by atoms with van der Waals surface area (Å²) in [6, 6.07) is 16.3. The molecule has 0 saturated heterocycles. The number of carbonyl (C=O) groups excluding carboxylic acids is 1. The molecule has 5 rings (SSSR count). The second-order valence-corrected chi connectivity index (χ2v) is 10.6. The maximum Gasteiger partial charge on any atom is 0.309 e. The van der Waals surface area contributed by atoms with Crippen molar-refractivity contribution in [2.45, 2.75) is 50.7 Å². The average molecular weight is 532 g/mol. The second-order valence-electron chi connectivity index (χ2n) is 10.6. The Morgan fingerprint density at radius 3 is 2.62 bits per heavy atom. The van der Waals surface area contributed by atoms with Gasteiger partial charge in [0.25, 0.3) is 0 Å². The molecular weight excluding hydrogens is 494 g/mol. The van der Waals surface area contributed by atoms with E-state index in [9.17, 15) is 9.90 Å². The second kappa shape index (κ2) is 11.8. The van der Waals surface area contributed by atoms with Gasteiger partial charge in [0.2, 0.25) is 5.88 Å². The predicted octanol–water partition coefficient (Wildman–Crippen LogP) is 5.81. The third-order valence-corrected chi connectivity index (χ3v) is 8.05. The van der Waals surface area contributed by atoms with Crippen molar-refractivity contribution in [3.8, 4) is 22.8 Å². The van der Waals surface area contributed by atoms with Crippen LogP contribution in [0.15, 0.2) is 54.7 Å². The van der Waals surface area contributed by atoms with Gasteiger partial charge in [0.1, 0.15) is 18.0 Å². The topological polar surface area (TPSA) is 87.1 Å². The molecule has 0 amide bonds. The number of carbonyl (C=O) groups is 1. The van der Waals surface area contributed by atoms with Crippen LogP contribution in [0.3, 0.4) is 0 Å². The number of hydrogen-bond acceptors (Lipinski definition) is 7. The van der Waals surface area contributed by atoms with Crippen molar-refractivity contribution in [1.29, 1.82) is 0 Å². The Morgan fingerprint density at radius 2 is 1.90 bits per heavy atom. The van der Waals surface area contributed by atoms with Gasteiger partial charge in [-0.05, 0) is 89.1 Å². The molecule has 0 radical (unpaired) electrons. The van der Waals surface area contributed by atoms with E-state index in [1.165, 1.54) is 12.7 Å². The number of aryl methyl sites for hydroxylation is 1. The summed E-state index contributed by atoms with van der Waals surface area (Å²) >= 11 is 0. The zero-order chi connectivity index (χ0) is 27.5. The molecule has 206 valence electrons. The molecule has 7 nitrogen and oxygen atoms in total. The number of hydrogen-bond donors (Lipinski definition) is 1. The summed E-state index contributed by atoms with van der Waals surface area (Å²) in [6.45, 7) is 2.14. The van der Waals surface area contributed by atoms with Crippen molar-refractivity contribution in [2.75, 3.05) is 27.9 Å². The van der Waals surface area contributed by atoms with Crippen molar-refractivity contribution in [3.05, 3.63) is 77.0 Å². The van der Waals surface area contributed by atoms with Gasteiger partial charge in [-0.3, -0.25) is 4.79 Å². The van der Waals surface area contributed by atoms with Crippen LogP contribution in [0.5, 0.6) is 11.6 Å². The Kier molecular flexibility index (Phi) is 8.19. The number of pyridine rings is 1. The average Bonchev–Trinajstić information content (AvgIpc) is 3.81. The van der Waals surface area contributed by atoms with Crippen LogP contribution >= 0.6 is 0 Å². The Hall–Kier alpha value is -3.42. The summed E-state index contributed by atoms with van der Waals surface area (Å²) in [5, 5.41) is 11.0. The van der Waals surface area contributed by atoms with Gasteiger partial charge >= 0.3 is 5.97 Å². The molecule has 1 saturated carbocycles. The molecule has 2 heterocycles. The van der Waals surface area contributed by atoms with Crippen molar-refractivity contribution in [3.63, 3.8) is 0 Å². The van der Waals surface area contributed by atoms with Crippen LogP contribution < -0.4 is 9.47 Å². The van der Waals surface area contributed by atoms with Gasteiger partial charge in [-0.25, -0.2) is 4.98 Å². The number of aromatic nitrogens is 1. The van der Waals surface area contributed by atoms with Gasteiger partial charge in [0, 0.05) is 19.4 Å². The summed E-state index contributed by atoms with van der Waals surface area (Å²) < 4.78 is 22.3. The highest BCUT2D eigenvalue weighted by Crippen LogP contribution is 2.48. The van der Waals surface area contributed by atoms with E-state index in [0.717, 1.165) is 59.3 Å². The van der Waals surface area contributed by atoms with Gasteiger partial charge in [-0.2, -0.15) is 0 Å². The van der Waals surface area contributed by atoms with E-state index in [0.29, 0.717) is 11.8 Å². The van der Waals surface area contributed by atoms with E-state index in [1.807, 2.05) is 31.2 Å². The summed E-state index contributed by atoms with van der Waals surface area (Å²) in [5.41, 5.74) is 5.88. The number of aliphatic hydroxyl groups excluding tert-OH is 1. The number of benzene rings is 2. The van der Waals surface area contributed by atoms with E-state index in [2.05, 4.69) is 29.2 Å². The van der Waals surface area contributed by atoms with Gasteiger partial charge in [-0.15, -0.1) is 0 Å². The fourth-order valence-electron chi connectivity index (χ4n) is 5.84. The van der Waals surface area contributed by atoms with Crippen LogP contribution in [-0.4, -0.2) is 44.0 Å². The first-order chi connectivity index (χ1) is 18.9. The Bertz CT molecular complexity index is 1320. The summed E-state index contributed by atoms with van der Waals surface area (Å²) in [6.07, 6.45) is 4.73. The normalized spacial score (nSPS) is 18.8. The Balaban J connectivity index is 1.45. The highest BCUT2D eigenvalue weighted by atomic mass is 16.5. The molecule has 4 atom stereocenters. The SMILES string of the molecule is COCC(O)c1cc(C2CCc3ccc([C@H](C4CC4)[C@H](C)C(=O)OC)cc3O2)ccc1-c1ccnc(OC)c1. The monoisotopic (exact) mass is 531 g/mol. The van der Waals surface area contributed by atoms with E-state index in [-0.39, 0.29) is 30.5 Å². The third-order valence-electron chi connectivity index (χ3n) is 8.05. The number of aliphatic hydroxyl groups is 1. The highest BCUT2D eigenvalue weighted by Gasteiger charge is 2.39. The molecule has 1 aromatic heterocycles. The lowest BCUT2D eigenvalue weighted by Gasteiger charge is -2.29. The summed E-state index contributed by atoms with van der Waals surface area (Å²) in [5.74, 6) is 1.63. The third kappa shape index (κ3) is 5.80. The van der Waals surface area contributed by atoms with Gasteiger partial charge in [0.05, 0.1) is 26.7 Å². The molecule has 1 N–H and O–H groups in total. The Morgan fingerprint density at radius 1 is 1.08 bits per heavy atom. The molecule has 7 heteroatoms. The quantitative estimate of drug-likeness (QED) is 0.331. The van der Waals surface area contributed by atoms with Crippen LogP contribution in [-0.2, 0) is 20.7 Å². The minimum Gasteiger partial charge on any atom is -0.485 e. The zero-order valence-electron chi connectivity index (χ0n) is 23.1. The van der Waals surface area contributed by atoms with Crippen LogP contribution in [0, 0.1) is 11.8 Å². The molecule has 2 aliphatic rings. The van der Waals surface area contributed by atoms with Crippen LogP contribution in [0.25, 0.3) is 11.1 Å². The first-order valence-electron chi connectivity index (χ1n) is 13.6. The number of rotatable bonds is 10. The molecule has 1 aliphatic carbocycles. The largest absolute Gasteiger partial charge is 0.485 e. The standard InChI is InChI=1S/C32H37NO6/c1-19(32(35)38-4)31(21-6-7-21)24-8-5-20-10-12-28(39-29(20)16-24)23-9-11-25(26(15-23)27(34)18-36-2)22-13-14-33-30(17-22)37-3/h5,8-9,11,13-17,19,21,27-28,31,34H,6-7,10,12,18H2,1-4H3/t19-,27?,28?,31-/m0/s1. The lowest BCUT2D eigenvalue weighted by molar-refractivity contribution is -0.145. The molecule has 2 aromatic carbocycles. The lowest BCUT2D eigenvalue weighted by Crippen LogP contribution is -2.23. The molecule has 0 spiro atoms. The van der Waals surface area contributed by atoms with Crippen LogP contribution in [0.1, 0.15) is 66.6 Å². The number of methoxy groups -OCH3 is 3. The molecule has 3 aromatic rings. The fraction of sp³-hybridized carbons (Fsp3) is 0.438. The summed E-state index contributed by atoms with van der Waals surface area (Å²) in [7, 11) is 4.62. The smallest absolute Gasteiger partial charge is 0.309 e. The van der Waals surface area contributed by atoms with Crippen LogP contribution in [0.2, 0.25) is 0 Å². The maximum absolute atomic E-state index is 12.4. The summed E-state index contributed by atoms with van der Waals surface area (Å²) in [4.78, 5) is 16.6. The van der Waals surface area contributed by atoms with E-state index in [4.69, 9.17) is 18.9 Å². The molecule has 1 aliphatic heterocycles. The molecule has 1 fully saturated rings. The van der Waals surface area contributed by atoms with Crippen molar-refractivity contribution >= 4 is 5.97 Å². The molecule has 2 unspecified atom stereocenters. The number of ether oxygens (including phenoxy) is 4. The van der Waals surface area contributed by atoms with Crippen LogP contribution in [0.4, 0.5) is 0 Å². The van der Waals surface area contributed by atoms with Crippen molar-refractivity contribution in [2.24, 2.45) is 11.8 Å². The minimum absolute atomic E-state index is 0.124. The molecule has 39 heavy (non-hydrogen) atoms. The van der Waals surface area contributed by atoms with Crippen molar-refractivity contribution < 1.29 is 28.8 Å².